The Morgan fingerprint density at radius 2 is 2.20 bits per heavy atom. The molecule has 0 fully saturated rings. The highest BCUT2D eigenvalue weighted by molar-refractivity contribution is 7.98. The Labute approximate surface area is 95.9 Å². The molecule has 0 aliphatic heterocycles. The number of pyridine rings is 1. The maximum absolute atomic E-state index is 5.48. The van der Waals surface area contributed by atoms with Gasteiger partial charge in [0.1, 0.15) is 6.61 Å². The Morgan fingerprint density at radius 1 is 1.40 bits per heavy atom. The molecule has 78 valence electrons. The van der Waals surface area contributed by atoms with Crippen molar-refractivity contribution in [1.29, 1.82) is 0 Å². The quantitative estimate of drug-likeness (QED) is 0.766. The summed E-state index contributed by atoms with van der Waals surface area (Å²) in [5.74, 6) is 0. The van der Waals surface area contributed by atoms with Crippen LogP contribution in [-0.2, 0) is 6.61 Å². The van der Waals surface area contributed by atoms with Crippen molar-refractivity contribution >= 4 is 23.3 Å². The van der Waals surface area contributed by atoms with Crippen LogP contribution in [0.5, 0.6) is 5.19 Å². The number of hydrogen-bond acceptors (Lipinski definition) is 6. The third kappa shape index (κ3) is 2.90. The summed E-state index contributed by atoms with van der Waals surface area (Å²) in [6.07, 6.45) is 5.42. The van der Waals surface area contributed by atoms with Crippen molar-refractivity contribution in [2.24, 2.45) is 0 Å². The smallest absolute Gasteiger partial charge is 0.294 e. The van der Waals surface area contributed by atoms with E-state index in [2.05, 4.69) is 14.3 Å². The second-order valence-corrected chi connectivity index (χ2v) is 4.18. The lowest BCUT2D eigenvalue weighted by Gasteiger charge is -2.00. The summed E-state index contributed by atoms with van der Waals surface area (Å²) in [5.41, 5.74) is 1.07. The van der Waals surface area contributed by atoms with Gasteiger partial charge in [0.05, 0.1) is 0 Å². The van der Waals surface area contributed by atoms with E-state index in [1.807, 2.05) is 18.4 Å². The number of thioether (sulfide) groups is 1. The first kappa shape index (κ1) is 10.4. The molecule has 0 aliphatic carbocycles. The van der Waals surface area contributed by atoms with E-state index in [0.717, 1.165) is 10.7 Å². The van der Waals surface area contributed by atoms with Crippen molar-refractivity contribution in [3.05, 3.63) is 30.1 Å². The highest BCUT2D eigenvalue weighted by atomic mass is 32.2. The van der Waals surface area contributed by atoms with Crippen molar-refractivity contribution < 1.29 is 4.74 Å². The first-order valence-corrected chi connectivity index (χ1v) is 6.27. The number of hydrogen-bond donors (Lipinski definition) is 0. The largest absolute Gasteiger partial charge is 0.464 e. The Morgan fingerprint density at radius 3 is 2.87 bits per heavy atom. The second kappa shape index (κ2) is 5.09. The molecule has 0 amide bonds. The minimum atomic E-state index is 0.505. The van der Waals surface area contributed by atoms with Gasteiger partial charge in [-0.2, -0.15) is 9.36 Å². The maximum Gasteiger partial charge on any atom is 0.294 e. The van der Waals surface area contributed by atoms with Gasteiger partial charge in [0, 0.05) is 23.9 Å². The van der Waals surface area contributed by atoms with E-state index >= 15 is 0 Å². The van der Waals surface area contributed by atoms with Crippen LogP contribution in [0.4, 0.5) is 0 Å². The molecule has 0 aliphatic rings. The predicted octanol–water partition coefficient (Wildman–Crippen LogP) is 2.23. The van der Waals surface area contributed by atoms with Crippen LogP contribution >= 0.6 is 23.3 Å². The second-order valence-electron chi connectivity index (χ2n) is 2.69. The van der Waals surface area contributed by atoms with Crippen LogP contribution in [0.2, 0.25) is 0 Å². The van der Waals surface area contributed by atoms with Gasteiger partial charge in [0.25, 0.3) is 5.19 Å². The third-order valence-electron chi connectivity index (χ3n) is 1.68. The number of aromatic nitrogens is 3. The molecule has 4 nitrogen and oxygen atoms in total. The van der Waals surface area contributed by atoms with Crippen LogP contribution in [0.25, 0.3) is 0 Å². The molecule has 0 saturated heterocycles. The first-order chi connectivity index (χ1) is 7.38. The molecule has 0 atom stereocenters. The van der Waals surface area contributed by atoms with E-state index in [9.17, 15) is 0 Å². The van der Waals surface area contributed by atoms with E-state index in [-0.39, 0.29) is 0 Å². The molecule has 0 saturated carbocycles. The molecule has 2 rings (SSSR count). The standard InChI is InChI=1S/C9H9N3OS2/c1-14-8-11-9(15-12-8)13-6-7-2-4-10-5-3-7/h2-5H,6H2,1H3. The van der Waals surface area contributed by atoms with Gasteiger partial charge in [-0.1, -0.05) is 11.8 Å². The summed E-state index contributed by atoms with van der Waals surface area (Å²) >= 11 is 2.78. The van der Waals surface area contributed by atoms with Gasteiger partial charge >= 0.3 is 0 Å². The van der Waals surface area contributed by atoms with E-state index in [4.69, 9.17) is 4.74 Å². The Bertz CT molecular complexity index is 418. The zero-order chi connectivity index (χ0) is 10.5. The summed E-state index contributed by atoms with van der Waals surface area (Å²) in [6.45, 7) is 0.505. The molecular weight excluding hydrogens is 230 g/mol. The van der Waals surface area contributed by atoms with Gasteiger partial charge in [0.2, 0.25) is 5.16 Å². The predicted molar refractivity (Wildman–Crippen MR) is 60.3 cm³/mol. The summed E-state index contributed by atoms with van der Waals surface area (Å²) in [6, 6.07) is 3.83. The van der Waals surface area contributed by atoms with Gasteiger partial charge in [-0.3, -0.25) is 4.98 Å². The lowest BCUT2D eigenvalue weighted by atomic mass is 10.3. The summed E-state index contributed by atoms with van der Waals surface area (Å²) in [5, 5.41) is 1.36. The highest BCUT2D eigenvalue weighted by Gasteiger charge is 2.03. The van der Waals surface area contributed by atoms with Crippen LogP contribution in [0.3, 0.4) is 0 Å². The molecule has 0 unspecified atom stereocenters. The minimum Gasteiger partial charge on any atom is -0.464 e. The Hall–Kier alpha value is -1.14. The van der Waals surface area contributed by atoms with Gasteiger partial charge < -0.3 is 4.74 Å². The van der Waals surface area contributed by atoms with E-state index < -0.39 is 0 Å². The molecule has 0 aromatic carbocycles. The number of ether oxygens (including phenoxy) is 1. The topological polar surface area (TPSA) is 47.9 Å². The van der Waals surface area contributed by atoms with E-state index in [1.165, 1.54) is 23.3 Å². The molecule has 0 spiro atoms. The fraction of sp³-hybridized carbons (Fsp3) is 0.222. The Balaban J connectivity index is 1.93. The highest BCUT2D eigenvalue weighted by Crippen LogP contribution is 2.20. The fourth-order valence-corrected chi connectivity index (χ4v) is 2.04. The molecule has 15 heavy (non-hydrogen) atoms. The summed E-state index contributed by atoms with van der Waals surface area (Å²) < 4.78 is 9.58. The van der Waals surface area contributed by atoms with E-state index in [0.29, 0.717) is 11.8 Å². The molecule has 2 aromatic rings. The molecular formula is C9H9N3OS2. The lowest BCUT2D eigenvalue weighted by Crippen LogP contribution is -1.94. The minimum absolute atomic E-state index is 0.505. The van der Waals surface area contributed by atoms with Crippen LogP contribution in [-0.4, -0.2) is 20.6 Å². The van der Waals surface area contributed by atoms with Crippen LogP contribution in [0.15, 0.2) is 29.7 Å². The average Bonchev–Trinajstić information content (AvgIpc) is 2.76. The summed E-state index contributed by atoms with van der Waals surface area (Å²) in [4.78, 5) is 8.11. The average molecular weight is 239 g/mol. The van der Waals surface area contributed by atoms with Gasteiger partial charge in [0.15, 0.2) is 0 Å². The molecule has 0 N–H and O–H groups in total. The van der Waals surface area contributed by atoms with Gasteiger partial charge in [-0.15, -0.1) is 0 Å². The molecule has 0 radical (unpaired) electrons. The SMILES string of the molecule is CSc1nsc(OCc2ccncc2)n1. The molecule has 2 aromatic heterocycles. The fourth-order valence-electron chi connectivity index (χ4n) is 0.963. The normalized spacial score (nSPS) is 10.2. The van der Waals surface area contributed by atoms with Crippen molar-refractivity contribution in [2.45, 2.75) is 11.8 Å². The van der Waals surface area contributed by atoms with Gasteiger partial charge in [-0.25, -0.2) is 0 Å². The lowest BCUT2D eigenvalue weighted by molar-refractivity contribution is 0.303. The number of rotatable bonds is 4. The van der Waals surface area contributed by atoms with Crippen molar-refractivity contribution in [2.75, 3.05) is 6.26 Å². The van der Waals surface area contributed by atoms with Crippen molar-refractivity contribution in [3.63, 3.8) is 0 Å². The number of nitrogens with zero attached hydrogens (tertiary/aromatic N) is 3. The maximum atomic E-state index is 5.48. The van der Waals surface area contributed by atoms with Gasteiger partial charge in [-0.05, 0) is 24.0 Å². The van der Waals surface area contributed by atoms with Crippen LogP contribution in [0, 0.1) is 0 Å². The molecule has 0 bridgehead atoms. The summed E-state index contributed by atoms with van der Waals surface area (Å²) in [7, 11) is 0. The van der Waals surface area contributed by atoms with Crippen molar-refractivity contribution in [3.8, 4) is 5.19 Å². The molecule has 6 heteroatoms. The monoisotopic (exact) mass is 239 g/mol. The third-order valence-corrected chi connectivity index (χ3v) is 2.98. The zero-order valence-electron chi connectivity index (χ0n) is 8.08. The first-order valence-electron chi connectivity index (χ1n) is 4.28. The van der Waals surface area contributed by atoms with E-state index in [1.54, 1.807) is 12.4 Å². The van der Waals surface area contributed by atoms with Crippen LogP contribution in [0.1, 0.15) is 5.56 Å². The van der Waals surface area contributed by atoms with Crippen molar-refractivity contribution in [1.82, 2.24) is 14.3 Å². The van der Waals surface area contributed by atoms with Crippen LogP contribution < -0.4 is 4.74 Å². The zero-order valence-corrected chi connectivity index (χ0v) is 9.72. The Kier molecular flexibility index (Phi) is 3.52. The molecule has 2 heterocycles.